The Labute approximate surface area is 105 Å². The molecule has 0 fully saturated rings. The largest absolute Gasteiger partial charge is 0.477 e. The zero-order valence-electron chi connectivity index (χ0n) is 11.3. The van der Waals surface area contributed by atoms with Gasteiger partial charge in [-0.15, -0.1) is 0 Å². The molecule has 1 rings (SSSR count). The van der Waals surface area contributed by atoms with Crippen LogP contribution in [-0.2, 0) is 0 Å². The molecule has 0 saturated heterocycles. The lowest BCUT2D eigenvalue weighted by atomic mass is 10.00. The van der Waals surface area contributed by atoms with Crippen LogP contribution in [0.1, 0.15) is 64.5 Å². The van der Waals surface area contributed by atoms with Gasteiger partial charge in [0.1, 0.15) is 0 Å². The first-order valence-corrected chi connectivity index (χ1v) is 6.72. The van der Waals surface area contributed by atoms with Crippen molar-refractivity contribution in [3.8, 4) is 5.88 Å². The molecule has 0 aromatic carbocycles. The van der Waals surface area contributed by atoms with Crippen molar-refractivity contribution < 1.29 is 4.74 Å². The lowest BCUT2D eigenvalue weighted by Gasteiger charge is -2.10. The smallest absolute Gasteiger partial charge is 0.232 e. The second kappa shape index (κ2) is 8.04. The van der Waals surface area contributed by atoms with E-state index < -0.39 is 0 Å². The first kappa shape index (κ1) is 13.9. The maximum absolute atomic E-state index is 5.28. The van der Waals surface area contributed by atoms with Gasteiger partial charge < -0.3 is 4.74 Å². The van der Waals surface area contributed by atoms with Gasteiger partial charge in [0.2, 0.25) is 5.88 Å². The average Bonchev–Trinajstić information content (AvgIpc) is 2.36. The zero-order chi connectivity index (χ0) is 12.5. The van der Waals surface area contributed by atoms with Crippen LogP contribution in [0.2, 0.25) is 0 Å². The molecule has 1 aromatic rings. The van der Waals surface area contributed by atoms with Crippen molar-refractivity contribution >= 4 is 0 Å². The Balaban J connectivity index is 2.37. The topological polar surface area (TPSA) is 35.0 Å². The van der Waals surface area contributed by atoms with Gasteiger partial charge in [-0.05, 0) is 19.3 Å². The quantitative estimate of drug-likeness (QED) is 0.641. The molecule has 0 spiro atoms. The van der Waals surface area contributed by atoms with Gasteiger partial charge in [-0.3, -0.25) is 4.98 Å². The third-order valence-electron chi connectivity index (χ3n) is 2.94. The van der Waals surface area contributed by atoms with Crippen molar-refractivity contribution in [1.82, 2.24) is 9.97 Å². The van der Waals surface area contributed by atoms with Gasteiger partial charge in [0.25, 0.3) is 0 Å². The minimum atomic E-state index is 0.495. The monoisotopic (exact) mass is 236 g/mol. The van der Waals surface area contributed by atoms with Crippen LogP contribution in [0.4, 0.5) is 0 Å². The van der Waals surface area contributed by atoms with E-state index in [1.165, 1.54) is 32.1 Å². The standard InChI is InChI=1S/C14H24N2O/c1-4-6-7-8-9-12(3)13-10-16-14(11-15-13)17-5-2/h10-12H,4-9H2,1-3H3. The van der Waals surface area contributed by atoms with Crippen molar-refractivity contribution in [3.05, 3.63) is 18.1 Å². The van der Waals surface area contributed by atoms with E-state index in [4.69, 9.17) is 4.74 Å². The Bertz CT molecular complexity index is 298. The highest BCUT2D eigenvalue weighted by molar-refractivity contribution is 5.10. The molecular formula is C14H24N2O. The summed E-state index contributed by atoms with van der Waals surface area (Å²) >= 11 is 0. The summed E-state index contributed by atoms with van der Waals surface area (Å²) in [5.41, 5.74) is 1.07. The van der Waals surface area contributed by atoms with Crippen LogP contribution in [0.5, 0.6) is 5.88 Å². The average molecular weight is 236 g/mol. The minimum absolute atomic E-state index is 0.495. The third kappa shape index (κ3) is 5.16. The summed E-state index contributed by atoms with van der Waals surface area (Å²) in [5.74, 6) is 1.12. The van der Waals surface area contributed by atoms with Gasteiger partial charge in [0, 0.05) is 0 Å². The summed E-state index contributed by atoms with van der Waals surface area (Å²) in [6.45, 7) is 7.05. The second-order valence-corrected chi connectivity index (χ2v) is 4.46. The van der Waals surface area contributed by atoms with Crippen LogP contribution in [-0.4, -0.2) is 16.6 Å². The molecule has 0 radical (unpaired) electrons. The Morgan fingerprint density at radius 1 is 1.12 bits per heavy atom. The summed E-state index contributed by atoms with van der Waals surface area (Å²) in [5, 5.41) is 0. The van der Waals surface area contributed by atoms with Crippen molar-refractivity contribution in [3.63, 3.8) is 0 Å². The summed E-state index contributed by atoms with van der Waals surface area (Å²) < 4.78 is 5.28. The molecule has 1 heterocycles. The number of ether oxygens (including phenoxy) is 1. The molecule has 1 atom stereocenters. The van der Waals surface area contributed by atoms with Gasteiger partial charge in [0.05, 0.1) is 24.7 Å². The molecule has 96 valence electrons. The zero-order valence-corrected chi connectivity index (χ0v) is 11.3. The van der Waals surface area contributed by atoms with Crippen LogP contribution in [0.3, 0.4) is 0 Å². The van der Waals surface area contributed by atoms with Crippen LogP contribution in [0.15, 0.2) is 12.4 Å². The SMILES string of the molecule is CCCCCCC(C)c1cnc(OCC)cn1. The first-order valence-electron chi connectivity index (χ1n) is 6.72. The highest BCUT2D eigenvalue weighted by Crippen LogP contribution is 2.20. The fourth-order valence-electron chi connectivity index (χ4n) is 1.83. The molecule has 0 bridgehead atoms. The molecule has 0 aliphatic carbocycles. The van der Waals surface area contributed by atoms with E-state index in [1.807, 2.05) is 13.1 Å². The van der Waals surface area contributed by atoms with E-state index >= 15 is 0 Å². The molecule has 0 aliphatic rings. The number of hydrogen-bond acceptors (Lipinski definition) is 3. The normalized spacial score (nSPS) is 12.4. The first-order chi connectivity index (χ1) is 8.27. The number of aromatic nitrogens is 2. The molecule has 0 amide bonds. The molecule has 0 aliphatic heterocycles. The van der Waals surface area contributed by atoms with Crippen LogP contribution in [0.25, 0.3) is 0 Å². The molecule has 1 aromatic heterocycles. The lowest BCUT2D eigenvalue weighted by molar-refractivity contribution is 0.324. The number of nitrogens with zero attached hydrogens (tertiary/aromatic N) is 2. The molecule has 1 unspecified atom stereocenters. The van der Waals surface area contributed by atoms with Gasteiger partial charge in [-0.2, -0.15) is 0 Å². The van der Waals surface area contributed by atoms with E-state index in [-0.39, 0.29) is 0 Å². The predicted octanol–water partition coefficient (Wildman–Crippen LogP) is 3.95. The fraction of sp³-hybridized carbons (Fsp3) is 0.714. The lowest BCUT2D eigenvalue weighted by Crippen LogP contribution is -2.01. The number of rotatable bonds is 8. The molecule has 0 N–H and O–H groups in total. The van der Waals surface area contributed by atoms with Gasteiger partial charge in [-0.1, -0.05) is 39.5 Å². The number of unbranched alkanes of at least 4 members (excludes halogenated alkanes) is 3. The Hall–Kier alpha value is -1.12. The van der Waals surface area contributed by atoms with Gasteiger partial charge >= 0.3 is 0 Å². The van der Waals surface area contributed by atoms with Crippen molar-refractivity contribution in [1.29, 1.82) is 0 Å². The van der Waals surface area contributed by atoms with E-state index in [1.54, 1.807) is 6.20 Å². The molecule has 3 heteroatoms. The fourth-order valence-corrected chi connectivity index (χ4v) is 1.83. The highest BCUT2D eigenvalue weighted by atomic mass is 16.5. The Morgan fingerprint density at radius 3 is 2.53 bits per heavy atom. The van der Waals surface area contributed by atoms with Crippen LogP contribution >= 0.6 is 0 Å². The van der Waals surface area contributed by atoms with Crippen molar-refractivity contribution in [2.45, 2.75) is 58.8 Å². The maximum atomic E-state index is 5.28. The number of hydrogen-bond donors (Lipinski definition) is 0. The van der Waals surface area contributed by atoms with Gasteiger partial charge in [-0.25, -0.2) is 4.98 Å². The van der Waals surface area contributed by atoms with Crippen LogP contribution in [0, 0.1) is 0 Å². The van der Waals surface area contributed by atoms with E-state index in [9.17, 15) is 0 Å². The second-order valence-electron chi connectivity index (χ2n) is 4.46. The Morgan fingerprint density at radius 2 is 1.94 bits per heavy atom. The summed E-state index contributed by atoms with van der Waals surface area (Å²) in [4.78, 5) is 8.66. The molecule has 0 saturated carbocycles. The molecule has 3 nitrogen and oxygen atoms in total. The molecular weight excluding hydrogens is 212 g/mol. The van der Waals surface area contributed by atoms with E-state index in [0.29, 0.717) is 18.4 Å². The highest BCUT2D eigenvalue weighted by Gasteiger charge is 2.07. The summed E-state index contributed by atoms with van der Waals surface area (Å²) in [6.07, 6.45) is 9.99. The minimum Gasteiger partial charge on any atom is -0.477 e. The van der Waals surface area contributed by atoms with Gasteiger partial charge in [0.15, 0.2) is 0 Å². The van der Waals surface area contributed by atoms with Crippen molar-refractivity contribution in [2.24, 2.45) is 0 Å². The van der Waals surface area contributed by atoms with E-state index in [2.05, 4.69) is 23.8 Å². The van der Waals surface area contributed by atoms with E-state index in [0.717, 1.165) is 5.69 Å². The molecule has 17 heavy (non-hydrogen) atoms. The summed E-state index contributed by atoms with van der Waals surface area (Å²) in [6, 6.07) is 0. The summed E-state index contributed by atoms with van der Waals surface area (Å²) in [7, 11) is 0. The van der Waals surface area contributed by atoms with Crippen molar-refractivity contribution in [2.75, 3.05) is 6.61 Å². The van der Waals surface area contributed by atoms with Crippen LogP contribution < -0.4 is 4.74 Å². The predicted molar refractivity (Wildman–Crippen MR) is 70.4 cm³/mol. The maximum Gasteiger partial charge on any atom is 0.232 e. The third-order valence-corrected chi connectivity index (χ3v) is 2.94. The Kier molecular flexibility index (Phi) is 6.60.